The van der Waals surface area contributed by atoms with Crippen LogP contribution in [0.5, 0.6) is 0 Å². The summed E-state index contributed by atoms with van der Waals surface area (Å²) in [6.07, 6.45) is 1.49. The van der Waals surface area contributed by atoms with Crippen LogP contribution in [0.1, 0.15) is 19.8 Å². The molecule has 5 heteroatoms. The number of carboxylic acids is 1. The van der Waals surface area contributed by atoms with Gasteiger partial charge in [0.15, 0.2) is 0 Å². The summed E-state index contributed by atoms with van der Waals surface area (Å²) in [5.41, 5.74) is 5.44. The molecule has 1 heterocycles. The molecule has 0 aromatic rings. The third kappa shape index (κ3) is 2.92. The topological polar surface area (TPSA) is 83.6 Å². The van der Waals surface area contributed by atoms with Gasteiger partial charge in [-0.25, -0.2) is 0 Å². The zero-order valence-corrected chi connectivity index (χ0v) is 8.98. The molecule has 5 nitrogen and oxygen atoms in total. The third-order valence-electron chi connectivity index (χ3n) is 3.13. The zero-order valence-electron chi connectivity index (χ0n) is 8.98. The number of amides is 1. The fraction of sp³-hybridized carbons (Fsp3) is 0.800. The largest absolute Gasteiger partial charge is 0.481 e. The minimum atomic E-state index is -0.821. The highest BCUT2D eigenvalue weighted by Crippen LogP contribution is 2.24. The van der Waals surface area contributed by atoms with Gasteiger partial charge in [0.25, 0.3) is 0 Å². The Kier molecular flexibility index (Phi) is 4.08. The lowest BCUT2D eigenvalue weighted by Crippen LogP contribution is -2.42. The van der Waals surface area contributed by atoms with Crippen LogP contribution < -0.4 is 5.73 Å². The number of nitrogens with two attached hydrogens (primary N) is 1. The number of carbonyl (C=O) groups is 2. The molecule has 1 atom stereocenters. The highest BCUT2D eigenvalue weighted by atomic mass is 16.4. The number of rotatable bonds is 3. The van der Waals surface area contributed by atoms with Crippen molar-refractivity contribution in [2.24, 2.45) is 17.6 Å². The SMILES string of the molecule is CC(=O)N1CCC(C(CN)C(=O)O)CC1. The lowest BCUT2D eigenvalue weighted by atomic mass is 9.84. The van der Waals surface area contributed by atoms with Crippen LogP contribution in [0.3, 0.4) is 0 Å². The fourth-order valence-electron chi connectivity index (χ4n) is 2.11. The molecule has 1 amide bonds. The summed E-state index contributed by atoms with van der Waals surface area (Å²) in [5, 5.41) is 8.94. The van der Waals surface area contributed by atoms with Gasteiger partial charge in [-0.2, -0.15) is 0 Å². The van der Waals surface area contributed by atoms with Gasteiger partial charge in [0.05, 0.1) is 5.92 Å². The fourth-order valence-corrected chi connectivity index (χ4v) is 2.11. The Morgan fingerprint density at radius 1 is 1.47 bits per heavy atom. The lowest BCUT2D eigenvalue weighted by molar-refractivity contribution is -0.144. The first-order valence-electron chi connectivity index (χ1n) is 5.24. The van der Waals surface area contributed by atoms with E-state index in [4.69, 9.17) is 10.8 Å². The van der Waals surface area contributed by atoms with Gasteiger partial charge in [0.1, 0.15) is 0 Å². The summed E-state index contributed by atoms with van der Waals surface area (Å²) in [4.78, 5) is 23.7. The van der Waals surface area contributed by atoms with Crippen molar-refractivity contribution in [1.29, 1.82) is 0 Å². The van der Waals surface area contributed by atoms with Gasteiger partial charge in [0.2, 0.25) is 5.91 Å². The summed E-state index contributed by atoms with van der Waals surface area (Å²) < 4.78 is 0. The predicted molar refractivity (Wildman–Crippen MR) is 55.2 cm³/mol. The number of carbonyl (C=O) groups excluding carboxylic acids is 1. The molecule has 1 aliphatic rings. The molecule has 0 bridgehead atoms. The van der Waals surface area contributed by atoms with Crippen molar-refractivity contribution < 1.29 is 14.7 Å². The monoisotopic (exact) mass is 214 g/mol. The van der Waals surface area contributed by atoms with Crippen LogP contribution in [0.15, 0.2) is 0 Å². The van der Waals surface area contributed by atoms with Crippen molar-refractivity contribution in [2.75, 3.05) is 19.6 Å². The summed E-state index contributed by atoms with van der Waals surface area (Å²) in [5.74, 6) is -1.10. The van der Waals surface area contributed by atoms with Crippen molar-refractivity contribution in [3.8, 4) is 0 Å². The average Bonchev–Trinajstić information content (AvgIpc) is 2.19. The molecule has 0 aromatic heterocycles. The van der Waals surface area contributed by atoms with E-state index < -0.39 is 11.9 Å². The Morgan fingerprint density at radius 2 is 2.00 bits per heavy atom. The van der Waals surface area contributed by atoms with Crippen LogP contribution >= 0.6 is 0 Å². The van der Waals surface area contributed by atoms with Gasteiger partial charge < -0.3 is 15.7 Å². The quantitative estimate of drug-likeness (QED) is 0.687. The standard InChI is InChI=1S/C10H18N2O3/c1-7(13)12-4-2-8(3-5-12)9(6-11)10(14)15/h8-9H,2-6,11H2,1H3,(H,14,15). The second-order valence-corrected chi connectivity index (χ2v) is 4.02. The van der Waals surface area contributed by atoms with E-state index in [1.807, 2.05) is 0 Å². The third-order valence-corrected chi connectivity index (χ3v) is 3.13. The molecule has 3 N–H and O–H groups in total. The van der Waals surface area contributed by atoms with Crippen molar-refractivity contribution >= 4 is 11.9 Å². The Balaban J connectivity index is 2.49. The number of carboxylic acid groups (broad SMARTS) is 1. The molecule has 1 fully saturated rings. The molecular weight excluding hydrogens is 196 g/mol. The lowest BCUT2D eigenvalue weighted by Gasteiger charge is -2.33. The molecule has 0 spiro atoms. The van der Waals surface area contributed by atoms with E-state index in [1.54, 1.807) is 4.90 Å². The highest BCUT2D eigenvalue weighted by Gasteiger charge is 2.30. The van der Waals surface area contributed by atoms with Crippen LogP contribution in [-0.4, -0.2) is 41.5 Å². The van der Waals surface area contributed by atoms with Crippen LogP contribution in [0.2, 0.25) is 0 Å². The maximum absolute atomic E-state index is 11.1. The van der Waals surface area contributed by atoms with E-state index in [9.17, 15) is 9.59 Å². The molecule has 0 radical (unpaired) electrons. The van der Waals surface area contributed by atoms with Gasteiger partial charge in [0, 0.05) is 26.6 Å². The number of hydrogen-bond acceptors (Lipinski definition) is 3. The second kappa shape index (κ2) is 5.11. The molecule has 1 unspecified atom stereocenters. The van der Waals surface area contributed by atoms with Gasteiger partial charge in [-0.05, 0) is 18.8 Å². The van der Waals surface area contributed by atoms with E-state index in [2.05, 4.69) is 0 Å². The number of likely N-dealkylation sites (tertiary alicyclic amines) is 1. The molecule has 86 valence electrons. The average molecular weight is 214 g/mol. The number of hydrogen-bond donors (Lipinski definition) is 2. The molecule has 1 saturated heterocycles. The molecule has 0 aliphatic carbocycles. The minimum absolute atomic E-state index is 0.0630. The van der Waals surface area contributed by atoms with Gasteiger partial charge in [-0.1, -0.05) is 0 Å². The van der Waals surface area contributed by atoms with Crippen LogP contribution in [0, 0.1) is 11.8 Å². The Bertz CT molecular complexity index is 247. The maximum Gasteiger partial charge on any atom is 0.308 e. The number of piperidine rings is 1. The normalized spacial score (nSPS) is 20.0. The first-order chi connectivity index (χ1) is 7.06. The molecule has 1 rings (SSSR count). The van der Waals surface area contributed by atoms with Crippen molar-refractivity contribution in [3.63, 3.8) is 0 Å². The first-order valence-corrected chi connectivity index (χ1v) is 5.24. The number of aliphatic carboxylic acids is 1. The van der Waals surface area contributed by atoms with Gasteiger partial charge in [-0.15, -0.1) is 0 Å². The van der Waals surface area contributed by atoms with Gasteiger partial charge >= 0.3 is 5.97 Å². The van der Waals surface area contributed by atoms with Crippen molar-refractivity contribution in [1.82, 2.24) is 4.90 Å². The van der Waals surface area contributed by atoms with E-state index in [-0.39, 0.29) is 18.4 Å². The molecule has 15 heavy (non-hydrogen) atoms. The smallest absolute Gasteiger partial charge is 0.308 e. The predicted octanol–water partition coefficient (Wildman–Crippen LogP) is -0.0956. The number of nitrogens with zero attached hydrogens (tertiary/aromatic N) is 1. The molecular formula is C10H18N2O3. The maximum atomic E-state index is 11.1. The van der Waals surface area contributed by atoms with E-state index in [1.165, 1.54) is 6.92 Å². The van der Waals surface area contributed by atoms with Crippen LogP contribution in [-0.2, 0) is 9.59 Å². The van der Waals surface area contributed by atoms with E-state index in [0.29, 0.717) is 13.1 Å². The van der Waals surface area contributed by atoms with Gasteiger partial charge in [-0.3, -0.25) is 9.59 Å². The molecule has 1 aliphatic heterocycles. The summed E-state index contributed by atoms with van der Waals surface area (Å²) in [7, 11) is 0. The van der Waals surface area contributed by atoms with Crippen molar-refractivity contribution in [2.45, 2.75) is 19.8 Å². The highest BCUT2D eigenvalue weighted by molar-refractivity contribution is 5.73. The van der Waals surface area contributed by atoms with Crippen LogP contribution in [0.4, 0.5) is 0 Å². The van der Waals surface area contributed by atoms with E-state index in [0.717, 1.165) is 12.8 Å². The Labute approximate surface area is 89.2 Å². The minimum Gasteiger partial charge on any atom is -0.481 e. The summed E-state index contributed by atoms with van der Waals surface area (Å²) in [6, 6.07) is 0. The zero-order chi connectivity index (χ0) is 11.4. The molecule has 0 aromatic carbocycles. The molecule has 0 saturated carbocycles. The summed E-state index contributed by atoms with van der Waals surface area (Å²) >= 11 is 0. The second-order valence-electron chi connectivity index (χ2n) is 4.02. The summed E-state index contributed by atoms with van der Waals surface area (Å²) in [6.45, 7) is 3.03. The first kappa shape index (κ1) is 12.0. The van der Waals surface area contributed by atoms with Crippen LogP contribution in [0.25, 0.3) is 0 Å². The van der Waals surface area contributed by atoms with E-state index >= 15 is 0 Å². The van der Waals surface area contributed by atoms with Crippen molar-refractivity contribution in [3.05, 3.63) is 0 Å². The Hall–Kier alpha value is -1.10. The Morgan fingerprint density at radius 3 is 2.33 bits per heavy atom.